The Morgan fingerprint density at radius 2 is 1.69 bits per heavy atom. The minimum atomic E-state index is -0.517. The standard InChI is InChI=1S/C29H37N3O6S/c1-29(2,3)38-28(35)30-15-11-6-7-12-16-32-26(34)24(39-27(32)31-21-13-9-8-10-14-21)19-20-17-22(36-4)25(33)23(18-20)37-5/h8-10,13-14,17-19,33H,6-7,11-12,15-16H2,1-5H3,(H,30,35)/b24-19-,31-27?. The number of phenolic OH excluding ortho intramolecular Hbond substituents is 1. The van der Waals surface area contributed by atoms with Gasteiger partial charge in [-0.25, -0.2) is 9.79 Å². The second-order valence-electron chi connectivity index (χ2n) is 9.91. The van der Waals surface area contributed by atoms with Crippen LogP contribution in [-0.2, 0) is 9.53 Å². The molecule has 2 aromatic rings. The number of carbonyl (C=O) groups excluding carboxylic acids is 2. The quantitative estimate of drug-likeness (QED) is 0.255. The zero-order chi connectivity index (χ0) is 28.4. The van der Waals surface area contributed by atoms with Crippen LogP contribution >= 0.6 is 11.8 Å². The summed E-state index contributed by atoms with van der Waals surface area (Å²) in [6.07, 6.45) is 4.76. The van der Waals surface area contributed by atoms with E-state index in [-0.39, 0.29) is 23.2 Å². The fourth-order valence-electron chi connectivity index (χ4n) is 3.80. The monoisotopic (exact) mass is 555 g/mol. The van der Waals surface area contributed by atoms with Crippen molar-refractivity contribution in [3.8, 4) is 17.2 Å². The van der Waals surface area contributed by atoms with Gasteiger partial charge in [-0.3, -0.25) is 9.69 Å². The second-order valence-corrected chi connectivity index (χ2v) is 10.9. The van der Waals surface area contributed by atoms with Gasteiger partial charge in [-0.15, -0.1) is 0 Å². The van der Waals surface area contributed by atoms with Crippen LogP contribution in [0.2, 0.25) is 0 Å². The number of hydrogen-bond donors (Lipinski definition) is 2. The van der Waals surface area contributed by atoms with Crippen molar-refractivity contribution in [1.82, 2.24) is 10.2 Å². The summed E-state index contributed by atoms with van der Waals surface area (Å²) in [4.78, 5) is 32.1. The Labute approximate surface area is 234 Å². The van der Waals surface area contributed by atoms with E-state index in [0.717, 1.165) is 31.4 Å². The highest BCUT2D eigenvalue weighted by atomic mass is 32.2. The maximum Gasteiger partial charge on any atom is 0.407 e. The van der Waals surface area contributed by atoms with Gasteiger partial charge in [0.25, 0.3) is 5.91 Å². The molecule has 0 spiro atoms. The van der Waals surface area contributed by atoms with Gasteiger partial charge in [0.15, 0.2) is 16.7 Å². The van der Waals surface area contributed by atoms with Crippen LogP contribution in [0, 0.1) is 0 Å². The van der Waals surface area contributed by atoms with E-state index in [0.29, 0.717) is 28.7 Å². The smallest absolute Gasteiger partial charge is 0.407 e. The molecular weight excluding hydrogens is 518 g/mol. The summed E-state index contributed by atoms with van der Waals surface area (Å²) in [7, 11) is 2.92. The van der Waals surface area contributed by atoms with Crippen molar-refractivity contribution >= 4 is 40.7 Å². The fourth-order valence-corrected chi connectivity index (χ4v) is 4.83. The van der Waals surface area contributed by atoms with Gasteiger partial charge >= 0.3 is 6.09 Å². The minimum Gasteiger partial charge on any atom is -0.502 e. The summed E-state index contributed by atoms with van der Waals surface area (Å²) in [5.41, 5.74) is 0.910. The van der Waals surface area contributed by atoms with E-state index in [1.54, 1.807) is 23.1 Å². The van der Waals surface area contributed by atoms with Gasteiger partial charge in [0.2, 0.25) is 5.75 Å². The summed E-state index contributed by atoms with van der Waals surface area (Å²) in [5, 5.41) is 13.6. The number of benzene rings is 2. The maximum absolute atomic E-state index is 13.4. The first-order chi connectivity index (χ1) is 18.6. The molecule has 0 aliphatic carbocycles. The van der Waals surface area contributed by atoms with Gasteiger partial charge in [-0.05, 0) is 81.3 Å². The third-order valence-electron chi connectivity index (χ3n) is 5.65. The summed E-state index contributed by atoms with van der Waals surface area (Å²) in [5.74, 6) is 0.287. The SMILES string of the molecule is COc1cc(/C=C2\SC(=Nc3ccccc3)N(CCCCCCNC(=O)OC(C)(C)C)C2=O)cc(OC)c1O. The normalized spacial score (nSPS) is 15.6. The van der Waals surface area contributed by atoms with Crippen LogP contribution in [-0.4, -0.2) is 60.1 Å². The van der Waals surface area contributed by atoms with Crippen LogP contribution in [0.1, 0.15) is 52.0 Å². The van der Waals surface area contributed by atoms with Gasteiger partial charge < -0.3 is 24.6 Å². The number of hydrogen-bond acceptors (Lipinski definition) is 8. The topological polar surface area (TPSA) is 110 Å². The number of aromatic hydroxyl groups is 1. The number of alkyl carbamates (subject to hydrolysis) is 1. The largest absolute Gasteiger partial charge is 0.502 e. The van der Waals surface area contributed by atoms with Gasteiger partial charge in [0.1, 0.15) is 5.60 Å². The van der Waals surface area contributed by atoms with Gasteiger partial charge in [0.05, 0.1) is 24.8 Å². The number of methoxy groups -OCH3 is 2. The number of ether oxygens (including phenoxy) is 3. The number of phenols is 1. The molecule has 10 heteroatoms. The lowest BCUT2D eigenvalue weighted by Gasteiger charge is -2.19. The molecule has 3 rings (SSSR count). The predicted molar refractivity (Wildman–Crippen MR) is 155 cm³/mol. The van der Waals surface area contributed by atoms with E-state index in [1.807, 2.05) is 51.1 Å². The van der Waals surface area contributed by atoms with Crippen LogP contribution < -0.4 is 14.8 Å². The van der Waals surface area contributed by atoms with Crippen molar-refractivity contribution < 1.29 is 28.9 Å². The van der Waals surface area contributed by atoms with E-state index in [9.17, 15) is 14.7 Å². The van der Waals surface area contributed by atoms with Crippen LogP contribution in [0.25, 0.3) is 6.08 Å². The van der Waals surface area contributed by atoms with Crippen LogP contribution in [0.3, 0.4) is 0 Å². The number of nitrogens with one attached hydrogen (secondary N) is 1. The van der Waals surface area contributed by atoms with Crippen LogP contribution in [0.5, 0.6) is 17.2 Å². The summed E-state index contributed by atoms with van der Waals surface area (Å²) in [6.45, 7) is 6.56. The van der Waals surface area contributed by atoms with E-state index >= 15 is 0 Å². The van der Waals surface area contributed by atoms with Crippen molar-refractivity contribution in [3.05, 3.63) is 52.9 Å². The first-order valence-electron chi connectivity index (χ1n) is 12.9. The first kappa shape index (κ1) is 29.9. The van der Waals surface area contributed by atoms with Gasteiger partial charge in [-0.2, -0.15) is 0 Å². The third kappa shape index (κ3) is 8.95. The highest BCUT2D eigenvalue weighted by Gasteiger charge is 2.33. The number of thioether (sulfide) groups is 1. The molecule has 1 aliphatic rings. The molecule has 2 aromatic carbocycles. The number of unbranched alkanes of at least 4 members (excludes halogenated alkanes) is 3. The molecule has 2 N–H and O–H groups in total. The first-order valence-corrected chi connectivity index (χ1v) is 13.7. The molecule has 2 amide bonds. The average Bonchev–Trinajstić information content (AvgIpc) is 3.17. The van der Waals surface area contributed by atoms with Crippen LogP contribution in [0.4, 0.5) is 10.5 Å². The highest BCUT2D eigenvalue weighted by Crippen LogP contribution is 2.40. The molecular formula is C29H37N3O6S. The van der Waals surface area contributed by atoms with Gasteiger partial charge in [0, 0.05) is 13.1 Å². The fraction of sp³-hybridized carbons (Fsp3) is 0.414. The molecule has 1 aliphatic heterocycles. The lowest BCUT2D eigenvalue weighted by atomic mass is 10.1. The third-order valence-corrected chi connectivity index (χ3v) is 6.65. The van der Waals surface area contributed by atoms with E-state index in [4.69, 9.17) is 19.2 Å². The number of nitrogens with zero attached hydrogens (tertiary/aromatic N) is 2. The van der Waals surface area contributed by atoms with Crippen molar-refractivity contribution in [1.29, 1.82) is 0 Å². The summed E-state index contributed by atoms with van der Waals surface area (Å²) < 4.78 is 15.8. The van der Waals surface area contributed by atoms with E-state index < -0.39 is 11.7 Å². The summed E-state index contributed by atoms with van der Waals surface area (Å²) >= 11 is 1.31. The maximum atomic E-state index is 13.4. The molecule has 0 atom stereocenters. The van der Waals surface area contributed by atoms with Crippen molar-refractivity contribution in [3.63, 3.8) is 0 Å². The molecule has 0 saturated carbocycles. The van der Waals surface area contributed by atoms with Crippen molar-refractivity contribution in [2.75, 3.05) is 27.3 Å². The Morgan fingerprint density at radius 1 is 1.05 bits per heavy atom. The summed E-state index contributed by atoms with van der Waals surface area (Å²) in [6, 6.07) is 12.8. The molecule has 1 fully saturated rings. The molecule has 1 saturated heterocycles. The van der Waals surface area contributed by atoms with Crippen LogP contribution in [0.15, 0.2) is 52.4 Å². The molecule has 0 unspecified atom stereocenters. The molecule has 210 valence electrons. The Kier molecular flexibility index (Phi) is 10.7. The highest BCUT2D eigenvalue weighted by molar-refractivity contribution is 8.18. The predicted octanol–water partition coefficient (Wildman–Crippen LogP) is 6.10. The second kappa shape index (κ2) is 13.9. The molecule has 0 radical (unpaired) electrons. The van der Waals surface area contributed by atoms with Crippen molar-refractivity contribution in [2.45, 2.75) is 52.1 Å². The van der Waals surface area contributed by atoms with Crippen molar-refractivity contribution in [2.24, 2.45) is 4.99 Å². The van der Waals surface area contributed by atoms with E-state index in [2.05, 4.69) is 5.32 Å². The molecule has 0 bridgehead atoms. The number of aliphatic imine (C=N–C) groups is 1. The number of amidine groups is 1. The number of rotatable bonds is 11. The zero-order valence-corrected chi connectivity index (χ0v) is 24.0. The van der Waals surface area contributed by atoms with E-state index in [1.165, 1.54) is 26.0 Å². The Balaban J connectivity index is 1.66. The minimum absolute atomic E-state index is 0.0956. The molecule has 9 nitrogen and oxygen atoms in total. The average molecular weight is 556 g/mol. The Morgan fingerprint density at radius 3 is 2.31 bits per heavy atom. The number of amides is 2. The number of carbonyl (C=O) groups is 2. The number of para-hydroxylation sites is 1. The lowest BCUT2D eigenvalue weighted by Crippen LogP contribution is -2.33. The van der Waals surface area contributed by atoms with Gasteiger partial charge in [-0.1, -0.05) is 31.0 Å². The zero-order valence-electron chi connectivity index (χ0n) is 23.2. The molecule has 39 heavy (non-hydrogen) atoms. The Bertz CT molecular complexity index is 1180. The Hall–Kier alpha value is -3.66. The lowest BCUT2D eigenvalue weighted by molar-refractivity contribution is -0.122. The molecule has 1 heterocycles. The molecule has 0 aromatic heterocycles.